The average molecular weight is 250 g/mol. The van der Waals surface area contributed by atoms with Crippen LogP contribution in [0.2, 0.25) is 0 Å². The highest BCUT2D eigenvalue weighted by molar-refractivity contribution is 5.75. The molecule has 1 heteroatoms. The van der Waals surface area contributed by atoms with Crippen LogP contribution < -0.4 is 0 Å². The zero-order chi connectivity index (χ0) is 13.5. The van der Waals surface area contributed by atoms with Crippen LogP contribution in [-0.4, -0.2) is 5.78 Å². The highest BCUT2D eigenvalue weighted by atomic mass is 16.1. The van der Waals surface area contributed by atoms with Gasteiger partial charge in [0.1, 0.15) is 5.78 Å². The number of ketones is 1. The molecular formula is C17H30O. The first-order valence-electron chi connectivity index (χ1n) is 7.56. The van der Waals surface area contributed by atoms with E-state index in [-0.39, 0.29) is 0 Å². The summed E-state index contributed by atoms with van der Waals surface area (Å²) in [4.78, 5) is 10.7. The Morgan fingerprint density at radius 2 is 1.33 bits per heavy atom. The number of allylic oxidation sites excluding steroid dienone is 4. The molecule has 0 spiro atoms. The van der Waals surface area contributed by atoms with Crippen molar-refractivity contribution in [2.24, 2.45) is 0 Å². The Bertz CT molecular complexity index is 238. The molecule has 0 heterocycles. The topological polar surface area (TPSA) is 17.1 Å². The third-order valence-electron chi connectivity index (χ3n) is 2.96. The first-order valence-corrected chi connectivity index (χ1v) is 7.56. The standard InChI is InChI=1S/C17H30O/c1-3-4-5-6-7-8-9-10-11-12-13-14-15-16-17(2)18/h6-7,10-11H,3-5,8-9,12-16H2,1-2H3/b7-6-,11-10-. The van der Waals surface area contributed by atoms with Gasteiger partial charge in [-0.15, -0.1) is 0 Å². The van der Waals surface area contributed by atoms with Crippen LogP contribution in [0.25, 0.3) is 0 Å². The first kappa shape index (κ1) is 17.2. The fraction of sp³-hybridized carbons (Fsp3) is 0.706. The SMILES string of the molecule is CCCC/C=C\CC/C=C\CCCCCC(C)=O. The van der Waals surface area contributed by atoms with Gasteiger partial charge in [-0.2, -0.15) is 0 Å². The van der Waals surface area contributed by atoms with Gasteiger partial charge in [0.05, 0.1) is 0 Å². The lowest BCUT2D eigenvalue weighted by atomic mass is 10.1. The Hall–Kier alpha value is -0.850. The van der Waals surface area contributed by atoms with E-state index >= 15 is 0 Å². The van der Waals surface area contributed by atoms with E-state index in [0.29, 0.717) is 5.78 Å². The summed E-state index contributed by atoms with van der Waals surface area (Å²) in [6.07, 6.45) is 20.7. The summed E-state index contributed by atoms with van der Waals surface area (Å²) in [5, 5.41) is 0. The van der Waals surface area contributed by atoms with Crippen molar-refractivity contribution in [1.29, 1.82) is 0 Å². The van der Waals surface area contributed by atoms with Crippen molar-refractivity contribution in [3.63, 3.8) is 0 Å². The van der Waals surface area contributed by atoms with Crippen molar-refractivity contribution in [2.75, 3.05) is 0 Å². The third-order valence-corrected chi connectivity index (χ3v) is 2.96. The van der Waals surface area contributed by atoms with Gasteiger partial charge in [0, 0.05) is 6.42 Å². The monoisotopic (exact) mass is 250 g/mol. The molecule has 0 aromatic carbocycles. The van der Waals surface area contributed by atoms with Gasteiger partial charge in [-0.3, -0.25) is 0 Å². The molecule has 0 atom stereocenters. The van der Waals surface area contributed by atoms with Crippen LogP contribution in [0.3, 0.4) is 0 Å². The summed E-state index contributed by atoms with van der Waals surface area (Å²) in [6.45, 7) is 3.90. The molecule has 0 bridgehead atoms. The third kappa shape index (κ3) is 15.1. The summed E-state index contributed by atoms with van der Waals surface area (Å²) in [6, 6.07) is 0. The molecule has 1 nitrogen and oxygen atoms in total. The molecule has 0 saturated carbocycles. The Labute approximate surface area is 113 Å². The number of rotatable bonds is 12. The Kier molecular flexibility index (Phi) is 13.5. The molecule has 0 aliphatic rings. The van der Waals surface area contributed by atoms with E-state index in [2.05, 4.69) is 31.2 Å². The zero-order valence-corrected chi connectivity index (χ0v) is 12.3. The quantitative estimate of drug-likeness (QED) is 0.325. The molecule has 0 amide bonds. The fourth-order valence-electron chi connectivity index (χ4n) is 1.80. The van der Waals surface area contributed by atoms with Gasteiger partial charge >= 0.3 is 0 Å². The maximum atomic E-state index is 10.7. The van der Waals surface area contributed by atoms with Gasteiger partial charge in [-0.1, -0.05) is 50.5 Å². The normalized spacial score (nSPS) is 11.7. The second kappa shape index (κ2) is 14.2. The Morgan fingerprint density at radius 3 is 1.89 bits per heavy atom. The Balaban J connectivity index is 3.18. The van der Waals surface area contributed by atoms with E-state index in [9.17, 15) is 4.79 Å². The lowest BCUT2D eigenvalue weighted by molar-refractivity contribution is -0.117. The maximum Gasteiger partial charge on any atom is 0.129 e. The van der Waals surface area contributed by atoms with Crippen molar-refractivity contribution >= 4 is 5.78 Å². The zero-order valence-electron chi connectivity index (χ0n) is 12.3. The maximum absolute atomic E-state index is 10.7. The molecule has 0 saturated heterocycles. The molecule has 0 aromatic heterocycles. The minimum atomic E-state index is 0.320. The van der Waals surface area contributed by atoms with Gasteiger partial charge in [-0.05, 0) is 45.4 Å². The number of carbonyl (C=O) groups is 1. The second-order valence-electron chi connectivity index (χ2n) is 4.96. The van der Waals surface area contributed by atoms with Gasteiger partial charge < -0.3 is 4.79 Å². The van der Waals surface area contributed by atoms with Crippen LogP contribution in [0.1, 0.15) is 78.1 Å². The van der Waals surface area contributed by atoms with Gasteiger partial charge in [0.15, 0.2) is 0 Å². The van der Waals surface area contributed by atoms with Gasteiger partial charge in [0.25, 0.3) is 0 Å². The fourth-order valence-corrected chi connectivity index (χ4v) is 1.80. The predicted octanol–water partition coefficient (Wildman–Crippen LogP) is 5.61. The van der Waals surface area contributed by atoms with Crippen molar-refractivity contribution in [1.82, 2.24) is 0 Å². The van der Waals surface area contributed by atoms with E-state index in [4.69, 9.17) is 0 Å². The second-order valence-corrected chi connectivity index (χ2v) is 4.96. The van der Waals surface area contributed by atoms with E-state index in [1.807, 2.05) is 0 Å². The lowest BCUT2D eigenvalue weighted by Crippen LogP contribution is -1.88. The van der Waals surface area contributed by atoms with Crippen molar-refractivity contribution in [3.05, 3.63) is 24.3 Å². The molecule has 0 radical (unpaired) electrons. The van der Waals surface area contributed by atoms with E-state index in [0.717, 1.165) is 25.7 Å². The average Bonchev–Trinajstić information content (AvgIpc) is 2.34. The van der Waals surface area contributed by atoms with Crippen LogP contribution in [0.4, 0.5) is 0 Å². The van der Waals surface area contributed by atoms with Crippen LogP contribution in [-0.2, 0) is 4.79 Å². The highest BCUT2D eigenvalue weighted by Gasteiger charge is 1.92. The molecule has 0 unspecified atom stereocenters. The molecule has 18 heavy (non-hydrogen) atoms. The summed E-state index contributed by atoms with van der Waals surface area (Å²) >= 11 is 0. The molecule has 0 aliphatic carbocycles. The number of unbranched alkanes of at least 4 members (excludes halogenated alkanes) is 6. The summed E-state index contributed by atoms with van der Waals surface area (Å²) in [7, 11) is 0. The van der Waals surface area contributed by atoms with Crippen molar-refractivity contribution < 1.29 is 4.79 Å². The summed E-state index contributed by atoms with van der Waals surface area (Å²) in [5.41, 5.74) is 0. The number of hydrogen-bond donors (Lipinski definition) is 0. The van der Waals surface area contributed by atoms with Crippen LogP contribution >= 0.6 is 0 Å². The largest absolute Gasteiger partial charge is 0.300 e. The van der Waals surface area contributed by atoms with E-state index in [1.165, 1.54) is 38.5 Å². The smallest absolute Gasteiger partial charge is 0.129 e. The highest BCUT2D eigenvalue weighted by Crippen LogP contribution is 2.05. The molecule has 0 aliphatic heterocycles. The number of carbonyl (C=O) groups excluding carboxylic acids is 1. The number of Topliss-reactive ketones (excluding diaryl/α,β-unsaturated/α-hetero) is 1. The Morgan fingerprint density at radius 1 is 0.778 bits per heavy atom. The van der Waals surface area contributed by atoms with E-state index in [1.54, 1.807) is 6.92 Å². The molecule has 0 rings (SSSR count). The summed E-state index contributed by atoms with van der Waals surface area (Å²) < 4.78 is 0. The molecule has 0 aromatic rings. The summed E-state index contributed by atoms with van der Waals surface area (Å²) in [5.74, 6) is 0.320. The van der Waals surface area contributed by atoms with E-state index < -0.39 is 0 Å². The van der Waals surface area contributed by atoms with Crippen LogP contribution in [0.5, 0.6) is 0 Å². The minimum Gasteiger partial charge on any atom is -0.300 e. The minimum absolute atomic E-state index is 0.320. The first-order chi connectivity index (χ1) is 8.77. The molecule has 0 N–H and O–H groups in total. The van der Waals surface area contributed by atoms with Crippen molar-refractivity contribution in [2.45, 2.75) is 78.1 Å². The lowest BCUT2D eigenvalue weighted by Gasteiger charge is -1.95. The molecule has 0 fully saturated rings. The molecular weight excluding hydrogens is 220 g/mol. The number of hydrogen-bond acceptors (Lipinski definition) is 1. The van der Waals surface area contributed by atoms with Gasteiger partial charge in [0.2, 0.25) is 0 Å². The van der Waals surface area contributed by atoms with Gasteiger partial charge in [-0.25, -0.2) is 0 Å². The van der Waals surface area contributed by atoms with Crippen molar-refractivity contribution in [3.8, 4) is 0 Å². The van der Waals surface area contributed by atoms with Crippen LogP contribution in [0.15, 0.2) is 24.3 Å². The predicted molar refractivity (Wildman–Crippen MR) is 80.8 cm³/mol. The van der Waals surface area contributed by atoms with Crippen LogP contribution in [0, 0.1) is 0 Å². The molecule has 104 valence electrons.